The summed E-state index contributed by atoms with van der Waals surface area (Å²) in [6.07, 6.45) is 7.44. The Kier molecular flexibility index (Phi) is 7.41. The fraction of sp³-hybridized carbons (Fsp3) is 0.654. The van der Waals surface area contributed by atoms with Crippen LogP contribution in [-0.2, 0) is 15.3 Å². The van der Waals surface area contributed by atoms with Gasteiger partial charge in [-0.3, -0.25) is 15.0 Å². The first kappa shape index (κ1) is 24.3. The highest BCUT2D eigenvalue weighted by Crippen LogP contribution is 2.41. The number of fused-ring (bicyclic) bond motifs is 3. The fourth-order valence-electron chi connectivity index (χ4n) is 6.07. The van der Waals surface area contributed by atoms with Gasteiger partial charge in [-0.05, 0) is 56.2 Å². The van der Waals surface area contributed by atoms with Gasteiger partial charge in [0.25, 0.3) is 0 Å². The topological polar surface area (TPSA) is 86.3 Å². The molecule has 3 fully saturated rings. The van der Waals surface area contributed by atoms with Crippen molar-refractivity contribution >= 4 is 28.7 Å². The summed E-state index contributed by atoms with van der Waals surface area (Å²) in [5.74, 6) is 1.84. The summed E-state index contributed by atoms with van der Waals surface area (Å²) >= 11 is 1.67. The second kappa shape index (κ2) is 10.7. The van der Waals surface area contributed by atoms with Crippen molar-refractivity contribution in [2.24, 2.45) is 16.9 Å². The number of hydrazone groups is 1. The third-order valence-corrected chi connectivity index (χ3v) is 8.91. The lowest BCUT2D eigenvalue weighted by molar-refractivity contribution is -0.157. The van der Waals surface area contributed by atoms with E-state index in [4.69, 9.17) is 4.74 Å². The number of amides is 2. The Balaban J connectivity index is 1.32. The monoisotopic (exact) mass is 499 g/mol. The van der Waals surface area contributed by atoms with Gasteiger partial charge in [0.1, 0.15) is 5.75 Å². The maximum atomic E-state index is 13.5. The number of carbonyl (C=O) groups excluding carboxylic acids is 2. The van der Waals surface area contributed by atoms with Crippen molar-refractivity contribution < 1.29 is 14.3 Å². The molecular weight excluding hydrogens is 462 g/mol. The van der Waals surface area contributed by atoms with E-state index in [1.807, 2.05) is 23.1 Å². The SMILES string of the molecule is CCCN1C(=O)C2CCC(C(=O)NC3CCCC3)CC2N2C(SCc3cccc(OC)c3)=NNC12. The summed E-state index contributed by atoms with van der Waals surface area (Å²) in [4.78, 5) is 30.9. The van der Waals surface area contributed by atoms with Gasteiger partial charge in [0.15, 0.2) is 11.5 Å². The van der Waals surface area contributed by atoms with Crippen molar-refractivity contribution in [3.8, 4) is 5.75 Å². The molecule has 1 aromatic rings. The minimum Gasteiger partial charge on any atom is -0.497 e. The standard InChI is InChI=1S/C26H37N5O3S/c1-3-13-30-24(33)21-12-11-18(23(32)27-19-8-4-5-9-19)15-22(21)31-25(30)28-29-26(31)35-16-17-7-6-10-20(14-17)34-2/h6-7,10,14,18-19,21-22,25,28H,3-5,8-9,11-13,15-16H2,1-2H3,(H,27,32). The highest BCUT2D eigenvalue weighted by Gasteiger charge is 2.52. The number of nitrogens with zero attached hydrogens (tertiary/aromatic N) is 3. The van der Waals surface area contributed by atoms with Crippen molar-refractivity contribution in [2.45, 2.75) is 82.4 Å². The number of methoxy groups -OCH3 is 1. The molecule has 1 aromatic carbocycles. The van der Waals surface area contributed by atoms with Crippen molar-refractivity contribution in [1.29, 1.82) is 0 Å². The molecule has 4 aliphatic rings. The molecule has 2 aliphatic carbocycles. The zero-order chi connectivity index (χ0) is 24.4. The van der Waals surface area contributed by atoms with E-state index in [2.05, 4.69) is 33.7 Å². The van der Waals surface area contributed by atoms with E-state index in [9.17, 15) is 9.59 Å². The summed E-state index contributed by atoms with van der Waals surface area (Å²) in [7, 11) is 1.68. The first-order valence-corrected chi connectivity index (χ1v) is 14.1. The fourth-order valence-corrected chi connectivity index (χ4v) is 7.05. The molecule has 9 heteroatoms. The van der Waals surface area contributed by atoms with Gasteiger partial charge in [0, 0.05) is 30.3 Å². The number of carbonyl (C=O) groups is 2. The van der Waals surface area contributed by atoms with E-state index in [0.29, 0.717) is 19.0 Å². The molecule has 4 atom stereocenters. The van der Waals surface area contributed by atoms with E-state index >= 15 is 0 Å². The second-order valence-electron chi connectivity index (χ2n) is 10.2. The third-order valence-electron chi connectivity index (χ3n) is 7.87. The van der Waals surface area contributed by atoms with Gasteiger partial charge in [-0.2, -0.15) is 5.10 Å². The van der Waals surface area contributed by atoms with E-state index in [-0.39, 0.29) is 36.0 Å². The molecule has 4 unspecified atom stereocenters. The molecule has 0 aromatic heterocycles. The molecule has 35 heavy (non-hydrogen) atoms. The molecule has 8 nitrogen and oxygen atoms in total. The lowest BCUT2D eigenvalue weighted by atomic mass is 9.75. The lowest BCUT2D eigenvalue weighted by Crippen LogP contribution is -2.68. The predicted octanol–water partition coefficient (Wildman–Crippen LogP) is 3.48. The predicted molar refractivity (Wildman–Crippen MR) is 138 cm³/mol. The Morgan fingerprint density at radius 2 is 2.09 bits per heavy atom. The van der Waals surface area contributed by atoms with Crippen molar-refractivity contribution in [3.63, 3.8) is 0 Å². The maximum Gasteiger partial charge on any atom is 0.230 e. The molecule has 0 spiro atoms. The molecule has 2 saturated carbocycles. The number of nitrogens with one attached hydrogen (secondary N) is 2. The van der Waals surface area contributed by atoms with Crippen LogP contribution in [-0.4, -0.2) is 58.8 Å². The van der Waals surface area contributed by atoms with Crippen molar-refractivity contribution in [2.75, 3.05) is 13.7 Å². The average Bonchev–Trinajstić information content (AvgIpc) is 3.55. The summed E-state index contributed by atoms with van der Waals surface area (Å²) in [6, 6.07) is 8.39. The van der Waals surface area contributed by atoms with Crippen LogP contribution in [0.25, 0.3) is 0 Å². The lowest BCUT2D eigenvalue weighted by Gasteiger charge is -2.51. The third kappa shape index (κ3) is 4.97. The highest BCUT2D eigenvalue weighted by atomic mass is 32.2. The van der Waals surface area contributed by atoms with Crippen LogP contribution in [0, 0.1) is 11.8 Å². The summed E-state index contributed by atoms with van der Waals surface area (Å²) in [6.45, 7) is 2.80. The molecule has 5 rings (SSSR count). The van der Waals surface area contributed by atoms with Crippen LogP contribution < -0.4 is 15.5 Å². The molecule has 2 aliphatic heterocycles. The maximum absolute atomic E-state index is 13.5. The first-order chi connectivity index (χ1) is 17.1. The molecule has 1 saturated heterocycles. The average molecular weight is 500 g/mol. The van der Waals surface area contributed by atoms with Crippen LogP contribution >= 0.6 is 11.8 Å². The van der Waals surface area contributed by atoms with Gasteiger partial charge in [-0.25, -0.2) is 0 Å². The number of hydrogen-bond donors (Lipinski definition) is 2. The molecule has 2 N–H and O–H groups in total. The first-order valence-electron chi connectivity index (χ1n) is 13.1. The Morgan fingerprint density at radius 3 is 2.86 bits per heavy atom. The largest absolute Gasteiger partial charge is 0.497 e. The Labute approximate surface area is 212 Å². The number of thioether (sulfide) groups is 1. The molecule has 0 radical (unpaired) electrons. The van der Waals surface area contributed by atoms with Gasteiger partial charge in [0.2, 0.25) is 11.8 Å². The summed E-state index contributed by atoms with van der Waals surface area (Å²) in [5.41, 5.74) is 4.40. The smallest absolute Gasteiger partial charge is 0.230 e. The second-order valence-corrected chi connectivity index (χ2v) is 11.1. The Bertz CT molecular complexity index is 966. The van der Waals surface area contributed by atoms with Gasteiger partial charge in [-0.1, -0.05) is 43.7 Å². The number of amidine groups is 1. The van der Waals surface area contributed by atoms with Crippen LogP contribution in [0.3, 0.4) is 0 Å². The number of benzene rings is 1. The molecule has 2 heterocycles. The van der Waals surface area contributed by atoms with Crippen molar-refractivity contribution in [1.82, 2.24) is 20.5 Å². The zero-order valence-electron chi connectivity index (χ0n) is 20.7. The van der Waals surface area contributed by atoms with E-state index in [1.54, 1.807) is 18.9 Å². The minimum atomic E-state index is -0.270. The zero-order valence-corrected chi connectivity index (χ0v) is 21.6. The Hall–Kier alpha value is -2.42. The molecule has 0 bridgehead atoms. The molecular formula is C26H37N5O3S. The molecule has 190 valence electrons. The van der Waals surface area contributed by atoms with Gasteiger partial charge in [-0.15, -0.1) is 0 Å². The van der Waals surface area contributed by atoms with Gasteiger partial charge < -0.3 is 19.9 Å². The van der Waals surface area contributed by atoms with Crippen molar-refractivity contribution in [3.05, 3.63) is 29.8 Å². The van der Waals surface area contributed by atoms with E-state index in [0.717, 1.165) is 54.3 Å². The summed E-state index contributed by atoms with van der Waals surface area (Å²) in [5, 5.41) is 8.88. The minimum absolute atomic E-state index is 0.0137. The normalized spacial score (nSPS) is 28.3. The van der Waals surface area contributed by atoms with Crippen LogP contribution in [0.1, 0.15) is 63.9 Å². The number of rotatable bonds is 7. The van der Waals surface area contributed by atoms with Crippen LogP contribution in [0.4, 0.5) is 0 Å². The Morgan fingerprint density at radius 1 is 1.26 bits per heavy atom. The van der Waals surface area contributed by atoms with Crippen LogP contribution in [0.2, 0.25) is 0 Å². The van der Waals surface area contributed by atoms with E-state index < -0.39 is 0 Å². The quantitative estimate of drug-likeness (QED) is 0.597. The number of hydrogen-bond acceptors (Lipinski definition) is 7. The van der Waals surface area contributed by atoms with Crippen LogP contribution in [0.15, 0.2) is 29.4 Å². The summed E-state index contributed by atoms with van der Waals surface area (Å²) < 4.78 is 5.37. The van der Waals surface area contributed by atoms with Crippen LogP contribution in [0.5, 0.6) is 5.75 Å². The van der Waals surface area contributed by atoms with Gasteiger partial charge >= 0.3 is 0 Å². The molecule has 2 amide bonds. The van der Waals surface area contributed by atoms with Gasteiger partial charge in [0.05, 0.1) is 13.0 Å². The van der Waals surface area contributed by atoms with E-state index in [1.165, 1.54) is 12.8 Å². The highest BCUT2D eigenvalue weighted by molar-refractivity contribution is 8.13. The number of ether oxygens (including phenoxy) is 1.